The highest BCUT2D eigenvalue weighted by molar-refractivity contribution is 6.01. The van der Waals surface area contributed by atoms with E-state index in [2.05, 4.69) is 119 Å². The number of hydrogen-bond donors (Lipinski definition) is 0. The number of hydrogen-bond acceptors (Lipinski definition) is 0. The van der Waals surface area contributed by atoms with Gasteiger partial charge in [0.2, 0.25) is 5.69 Å². The van der Waals surface area contributed by atoms with Crippen molar-refractivity contribution in [1.82, 2.24) is 0 Å². The minimum Gasteiger partial charge on any atom is -0.201 e. The largest absolute Gasteiger partial charge is 0.212 e. The van der Waals surface area contributed by atoms with Crippen molar-refractivity contribution in [2.45, 2.75) is 45.4 Å². The molecule has 0 fully saturated rings. The van der Waals surface area contributed by atoms with Crippen LogP contribution < -0.4 is 4.57 Å². The van der Waals surface area contributed by atoms with Crippen LogP contribution in [0.4, 0.5) is 0 Å². The highest BCUT2D eigenvalue weighted by atomic mass is 14.9. The summed E-state index contributed by atoms with van der Waals surface area (Å²) in [5.74, 6) is 0. The summed E-state index contributed by atoms with van der Waals surface area (Å²) < 4.78 is 2.22. The normalized spacial score (nSPS) is 16.2. The molecular formula is C29H30N+. The number of benzene rings is 3. The predicted octanol–water partition coefficient (Wildman–Crippen LogP) is 6.88. The van der Waals surface area contributed by atoms with Crippen LogP contribution >= 0.6 is 0 Å². The molecule has 0 saturated heterocycles. The van der Waals surface area contributed by atoms with E-state index in [9.17, 15) is 0 Å². The van der Waals surface area contributed by atoms with E-state index < -0.39 is 0 Å². The Hall–Kier alpha value is -2.93. The summed E-state index contributed by atoms with van der Waals surface area (Å²) in [7, 11) is 2.13. The molecule has 1 heteroatoms. The van der Waals surface area contributed by atoms with Gasteiger partial charge >= 0.3 is 0 Å². The molecule has 1 aliphatic rings. The predicted molar refractivity (Wildman–Crippen MR) is 127 cm³/mol. The number of aryl methyl sites for hydroxylation is 2. The molecule has 1 aromatic heterocycles. The fourth-order valence-corrected chi connectivity index (χ4v) is 5.27. The van der Waals surface area contributed by atoms with E-state index in [1.54, 1.807) is 0 Å². The number of fused-ring (bicyclic) bond motifs is 5. The minimum atomic E-state index is 0.00753. The van der Waals surface area contributed by atoms with Crippen LogP contribution in [0.15, 0.2) is 72.9 Å². The van der Waals surface area contributed by atoms with E-state index in [-0.39, 0.29) is 10.8 Å². The molecular weight excluding hydrogens is 362 g/mol. The van der Waals surface area contributed by atoms with Crippen LogP contribution in [0.5, 0.6) is 0 Å². The molecule has 4 aromatic rings. The smallest absolute Gasteiger partial charge is 0.201 e. The second-order valence-electron chi connectivity index (χ2n) is 9.87. The zero-order valence-electron chi connectivity index (χ0n) is 18.9. The average Bonchev–Trinajstić information content (AvgIpc) is 2.72. The number of nitrogens with zero attached hydrogens (tertiary/aromatic N) is 1. The van der Waals surface area contributed by atoms with Crippen molar-refractivity contribution in [1.29, 1.82) is 0 Å². The molecule has 0 bridgehead atoms. The van der Waals surface area contributed by atoms with E-state index in [0.717, 1.165) is 0 Å². The van der Waals surface area contributed by atoms with E-state index in [0.29, 0.717) is 0 Å². The Morgan fingerprint density at radius 3 is 2.17 bits per heavy atom. The third-order valence-electron chi connectivity index (χ3n) is 7.80. The van der Waals surface area contributed by atoms with Gasteiger partial charge in [-0.25, -0.2) is 4.57 Å². The Labute approximate surface area is 180 Å². The molecule has 1 aliphatic carbocycles. The summed E-state index contributed by atoms with van der Waals surface area (Å²) in [6, 6.07) is 24.8. The van der Waals surface area contributed by atoms with Gasteiger partial charge in [-0.2, -0.15) is 0 Å². The lowest BCUT2D eigenvalue weighted by Gasteiger charge is -2.49. The first kappa shape index (κ1) is 19.1. The lowest BCUT2D eigenvalue weighted by molar-refractivity contribution is -0.660. The molecule has 0 atom stereocenters. The Morgan fingerprint density at radius 1 is 0.700 bits per heavy atom. The van der Waals surface area contributed by atoms with Gasteiger partial charge in [-0.1, -0.05) is 70.2 Å². The second-order valence-corrected chi connectivity index (χ2v) is 9.87. The first-order chi connectivity index (χ1) is 14.2. The summed E-state index contributed by atoms with van der Waals surface area (Å²) in [5, 5.41) is 2.67. The fourth-order valence-electron chi connectivity index (χ4n) is 5.27. The SMILES string of the molecule is Cc1cc2c(cc1-c1cccc[n+]1C)C(C)(C)C(C)(C)c1ccc3ccccc3c1-2. The summed E-state index contributed by atoms with van der Waals surface area (Å²) in [6.45, 7) is 11.9. The summed E-state index contributed by atoms with van der Waals surface area (Å²) >= 11 is 0. The highest BCUT2D eigenvalue weighted by Gasteiger charge is 2.46. The molecule has 1 nitrogen and oxygen atoms in total. The molecule has 0 amide bonds. The van der Waals surface area contributed by atoms with Crippen LogP contribution in [0.2, 0.25) is 0 Å². The molecule has 0 aliphatic heterocycles. The van der Waals surface area contributed by atoms with Crippen LogP contribution in [0, 0.1) is 6.92 Å². The Balaban J connectivity index is 1.91. The maximum atomic E-state index is 2.46. The molecule has 0 saturated carbocycles. The number of rotatable bonds is 1. The van der Waals surface area contributed by atoms with Gasteiger partial charge in [0.15, 0.2) is 6.20 Å². The Kier molecular flexibility index (Phi) is 3.99. The quantitative estimate of drug-likeness (QED) is 0.311. The van der Waals surface area contributed by atoms with Crippen LogP contribution in [0.3, 0.4) is 0 Å². The van der Waals surface area contributed by atoms with Gasteiger partial charge in [-0.3, -0.25) is 0 Å². The average molecular weight is 393 g/mol. The molecule has 150 valence electrons. The van der Waals surface area contributed by atoms with Crippen molar-refractivity contribution in [3.05, 3.63) is 89.6 Å². The summed E-state index contributed by atoms with van der Waals surface area (Å²) in [6.07, 6.45) is 2.13. The zero-order chi connectivity index (χ0) is 21.3. The number of aromatic nitrogens is 1. The summed E-state index contributed by atoms with van der Waals surface area (Å²) in [5.41, 5.74) is 9.64. The van der Waals surface area contributed by atoms with E-state index in [1.807, 2.05) is 0 Å². The monoisotopic (exact) mass is 392 g/mol. The van der Waals surface area contributed by atoms with Crippen molar-refractivity contribution in [3.8, 4) is 22.4 Å². The van der Waals surface area contributed by atoms with Gasteiger partial charge in [0.05, 0.1) is 0 Å². The van der Waals surface area contributed by atoms with E-state index >= 15 is 0 Å². The molecule has 0 N–H and O–H groups in total. The molecule has 5 rings (SSSR count). The Bertz CT molecular complexity index is 1310. The first-order valence-corrected chi connectivity index (χ1v) is 10.9. The molecule has 1 heterocycles. The number of pyridine rings is 1. The van der Waals surface area contributed by atoms with Crippen molar-refractivity contribution in [2.24, 2.45) is 7.05 Å². The van der Waals surface area contributed by atoms with Crippen molar-refractivity contribution in [3.63, 3.8) is 0 Å². The zero-order valence-corrected chi connectivity index (χ0v) is 18.9. The maximum Gasteiger partial charge on any atom is 0.212 e. The molecule has 3 aromatic carbocycles. The van der Waals surface area contributed by atoms with Gasteiger partial charge < -0.3 is 0 Å². The maximum absolute atomic E-state index is 2.46. The van der Waals surface area contributed by atoms with Crippen molar-refractivity contribution in [2.75, 3.05) is 0 Å². The van der Waals surface area contributed by atoms with Crippen LogP contribution in [-0.2, 0) is 17.9 Å². The minimum absolute atomic E-state index is 0.00753. The third-order valence-corrected chi connectivity index (χ3v) is 7.80. The van der Waals surface area contributed by atoms with Crippen LogP contribution in [0.1, 0.15) is 44.4 Å². The van der Waals surface area contributed by atoms with E-state index in [4.69, 9.17) is 0 Å². The van der Waals surface area contributed by atoms with Gasteiger partial charge in [0.25, 0.3) is 0 Å². The van der Waals surface area contributed by atoms with Crippen molar-refractivity contribution >= 4 is 10.8 Å². The molecule has 0 unspecified atom stereocenters. The fraction of sp³-hybridized carbons (Fsp3) is 0.276. The molecule has 30 heavy (non-hydrogen) atoms. The van der Waals surface area contributed by atoms with Crippen LogP contribution in [0.25, 0.3) is 33.2 Å². The van der Waals surface area contributed by atoms with E-state index in [1.165, 1.54) is 49.8 Å². The molecule has 0 spiro atoms. The second kappa shape index (κ2) is 6.28. The lowest BCUT2D eigenvalue weighted by atomic mass is 9.54. The van der Waals surface area contributed by atoms with Gasteiger partial charge in [-0.05, 0) is 68.5 Å². The first-order valence-electron chi connectivity index (χ1n) is 10.9. The van der Waals surface area contributed by atoms with Gasteiger partial charge in [0.1, 0.15) is 7.05 Å². The van der Waals surface area contributed by atoms with Gasteiger partial charge in [0, 0.05) is 17.7 Å². The summed E-state index contributed by atoms with van der Waals surface area (Å²) in [4.78, 5) is 0. The lowest BCUT2D eigenvalue weighted by Crippen LogP contribution is -2.43. The highest BCUT2D eigenvalue weighted by Crippen LogP contribution is 2.56. The van der Waals surface area contributed by atoms with Gasteiger partial charge in [-0.15, -0.1) is 0 Å². The standard InChI is InChI=1S/C29H30N/c1-19-17-23-25(18-22(19)26-13-9-10-16-30(26)6)29(4,5)28(2,3)24-15-14-20-11-7-8-12-21(20)27(23)24/h7-18H,1-6H3/q+1. The molecule has 0 radical (unpaired) electrons. The third kappa shape index (κ3) is 2.45. The topological polar surface area (TPSA) is 3.88 Å². The van der Waals surface area contributed by atoms with Crippen molar-refractivity contribution < 1.29 is 4.57 Å². The Morgan fingerprint density at radius 2 is 1.40 bits per heavy atom. The van der Waals surface area contributed by atoms with Crippen LogP contribution in [-0.4, -0.2) is 0 Å².